The van der Waals surface area contributed by atoms with Crippen LogP contribution in [0.4, 0.5) is 5.69 Å². The van der Waals surface area contributed by atoms with Crippen molar-refractivity contribution in [3.63, 3.8) is 0 Å². The first-order valence-corrected chi connectivity index (χ1v) is 9.40. The molecule has 0 radical (unpaired) electrons. The molecule has 8 nitrogen and oxygen atoms in total. The summed E-state index contributed by atoms with van der Waals surface area (Å²) in [6.45, 7) is 3.97. The number of esters is 1. The number of pyridine rings is 1. The quantitative estimate of drug-likeness (QED) is 0.498. The maximum absolute atomic E-state index is 13.2. The Morgan fingerprint density at radius 3 is 2.63 bits per heavy atom. The van der Waals surface area contributed by atoms with E-state index < -0.39 is 11.9 Å². The third-order valence-electron chi connectivity index (χ3n) is 4.65. The lowest BCUT2D eigenvalue weighted by molar-refractivity contribution is 0.0602. The average molecular weight is 404 g/mol. The normalized spacial score (nSPS) is 11.1. The van der Waals surface area contributed by atoms with E-state index >= 15 is 0 Å². The van der Waals surface area contributed by atoms with E-state index in [2.05, 4.69) is 15.4 Å². The molecular formula is C22H20N4O4. The topological polar surface area (TPSA) is 99.2 Å². The number of hydrogen-bond acceptors (Lipinski definition) is 6. The van der Waals surface area contributed by atoms with Gasteiger partial charge in [-0.05, 0) is 44.2 Å². The monoisotopic (exact) mass is 404 g/mol. The van der Waals surface area contributed by atoms with Gasteiger partial charge in [0.15, 0.2) is 11.4 Å². The standard InChI is InChI=1S/C22H20N4O4/c1-13(2)26-20-16(12-23-26)15(11-18(24-20)19-9-6-10-30-19)21(27)25-17-8-5-4-7-14(17)22(28)29-3/h4-13H,1-3H3,(H,25,27). The number of hydrogen-bond donors (Lipinski definition) is 1. The third-order valence-corrected chi connectivity index (χ3v) is 4.65. The molecule has 4 rings (SSSR count). The van der Waals surface area contributed by atoms with E-state index in [-0.39, 0.29) is 11.6 Å². The number of carbonyl (C=O) groups excluding carboxylic acids is 2. The summed E-state index contributed by atoms with van der Waals surface area (Å²) in [5.74, 6) is -0.387. The van der Waals surface area contributed by atoms with Gasteiger partial charge < -0.3 is 14.5 Å². The highest BCUT2D eigenvalue weighted by Crippen LogP contribution is 2.27. The molecule has 4 aromatic rings. The number of methoxy groups -OCH3 is 1. The van der Waals surface area contributed by atoms with Crippen LogP contribution in [-0.2, 0) is 4.74 Å². The summed E-state index contributed by atoms with van der Waals surface area (Å²) >= 11 is 0. The Morgan fingerprint density at radius 2 is 1.93 bits per heavy atom. The molecule has 0 aliphatic carbocycles. The van der Waals surface area contributed by atoms with Crippen LogP contribution in [0.15, 0.2) is 59.3 Å². The molecule has 0 fully saturated rings. The van der Waals surface area contributed by atoms with Crippen molar-refractivity contribution in [2.24, 2.45) is 0 Å². The van der Waals surface area contributed by atoms with Crippen LogP contribution in [0.25, 0.3) is 22.5 Å². The molecule has 0 atom stereocenters. The number of rotatable bonds is 5. The Morgan fingerprint density at radius 1 is 1.13 bits per heavy atom. The van der Waals surface area contributed by atoms with E-state index in [1.165, 1.54) is 7.11 Å². The van der Waals surface area contributed by atoms with E-state index in [9.17, 15) is 9.59 Å². The Balaban J connectivity index is 1.82. The lowest BCUT2D eigenvalue weighted by Crippen LogP contribution is -2.16. The second kappa shape index (κ2) is 7.82. The molecule has 0 bridgehead atoms. The number of nitrogens with one attached hydrogen (secondary N) is 1. The van der Waals surface area contributed by atoms with Crippen molar-refractivity contribution in [2.45, 2.75) is 19.9 Å². The fraction of sp³-hybridized carbons (Fsp3) is 0.182. The number of furan rings is 1. The number of aromatic nitrogens is 3. The van der Waals surface area contributed by atoms with Crippen LogP contribution in [0, 0.1) is 0 Å². The van der Waals surface area contributed by atoms with Crippen LogP contribution in [0.5, 0.6) is 0 Å². The van der Waals surface area contributed by atoms with E-state index in [4.69, 9.17) is 9.15 Å². The van der Waals surface area contributed by atoms with Gasteiger partial charge >= 0.3 is 5.97 Å². The average Bonchev–Trinajstić information content (AvgIpc) is 3.42. The zero-order valence-electron chi connectivity index (χ0n) is 16.7. The predicted octanol–water partition coefficient (Wildman–Crippen LogP) is 4.31. The second-order valence-electron chi connectivity index (χ2n) is 6.94. The molecule has 0 aliphatic rings. The van der Waals surface area contributed by atoms with Gasteiger partial charge in [0, 0.05) is 6.04 Å². The van der Waals surface area contributed by atoms with Gasteiger partial charge in [-0.3, -0.25) is 4.79 Å². The number of benzene rings is 1. The molecule has 0 saturated heterocycles. The maximum atomic E-state index is 13.2. The van der Waals surface area contributed by atoms with Crippen molar-refractivity contribution in [3.05, 3.63) is 66.1 Å². The molecular weight excluding hydrogens is 384 g/mol. The molecule has 152 valence electrons. The van der Waals surface area contributed by atoms with Crippen molar-refractivity contribution < 1.29 is 18.7 Å². The summed E-state index contributed by atoms with van der Waals surface area (Å²) in [4.78, 5) is 29.9. The third kappa shape index (κ3) is 3.43. The second-order valence-corrected chi connectivity index (χ2v) is 6.94. The Bertz CT molecular complexity index is 1230. The molecule has 0 unspecified atom stereocenters. The van der Waals surface area contributed by atoms with Crippen LogP contribution in [0.3, 0.4) is 0 Å². The summed E-state index contributed by atoms with van der Waals surface area (Å²) in [5.41, 5.74) is 2.09. The molecule has 1 N–H and O–H groups in total. The van der Waals surface area contributed by atoms with Crippen molar-refractivity contribution in [1.29, 1.82) is 0 Å². The first-order chi connectivity index (χ1) is 14.5. The van der Waals surface area contributed by atoms with Gasteiger partial charge in [-0.2, -0.15) is 5.10 Å². The molecule has 1 amide bonds. The van der Waals surface area contributed by atoms with Gasteiger partial charge in [0.2, 0.25) is 0 Å². The lowest BCUT2D eigenvalue weighted by Gasteiger charge is -2.12. The first-order valence-electron chi connectivity index (χ1n) is 9.40. The minimum Gasteiger partial charge on any atom is -0.465 e. The number of nitrogens with zero attached hydrogens (tertiary/aromatic N) is 3. The first kappa shape index (κ1) is 19.4. The smallest absolute Gasteiger partial charge is 0.339 e. The Labute approximate surface area is 172 Å². The molecule has 1 aromatic carbocycles. The van der Waals surface area contributed by atoms with Crippen LogP contribution in [0.2, 0.25) is 0 Å². The minimum atomic E-state index is -0.533. The number of para-hydroxylation sites is 1. The predicted molar refractivity (Wildman–Crippen MR) is 111 cm³/mol. The van der Waals surface area contributed by atoms with E-state index in [1.807, 2.05) is 13.8 Å². The Kier molecular flexibility index (Phi) is 5.05. The van der Waals surface area contributed by atoms with Crippen molar-refractivity contribution in [2.75, 3.05) is 12.4 Å². The largest absolute Gasteiger partial charge is 0.465 e. The summed E-state index contributed by atoms with van der Waals surface area (Å²) in [7, 11) is 1.29. The molecule has 0 saturated carbocycles. The lowest BCUT2D eigenvalue weighted by atomic mass is 10.1. The highest BCUT2D eigenvalue weighted by atomic mass is 16.5. The minimum absolute atomic E-state index is 0.0535. The van der Waals surface area contributed by atoms with E-state index in [0.717, 1.165) is 0 Å². The molecule has 0 aliphatic heterocycles. The number of ether oxygens (including phenoxy) is 1. The van der Waals surface area contributed by atoms with Gasteiger partial charge in [0.25, 0.3) is 5.91 Å². The van der Waals surface area contributed by atoms with E-state index in [0.29, 0.717) is 33.7 Å². The van der Waals surface area contributed by atoms with Gasteiger partial charge in [0.1, 0.15) is 5.69 Å². The Hall–Kier alpha value is -3.94. The molecule has 8 heteroatoms. The summed E-state index contributed by atoms with van der Waals surface area (Å²) < 4.78 is 12.0. The maximum Gasteiger partial charge on any atom is 0.339 e. The number of anilines is 1. The fourth-order valence-electron chi connectivity index (χ4n) is 3.20. The van der Waals surface area contributed by atoms with Crippen LogP contribution >= 0.6 is 0 Å². The van der Waals surface area contributed by atoms with Crippen molar-refractivity contribution >= 4 is 28.6 Å². The summed E-state index contributed by atoms with van der Waals surface area (Å²) in [6.07, 6.45) is 3.17. The molecule has 3 aromatic heterocycles. The molecule has 3 heterocycles. The highest BCUT2D eigenvalue weighted by Gasteiger charge is 2.21. The number of amides is 1. The SMILES string of the molecule is COC(=O)c1ccccc1NC(=O)c1cc(-c2ccco2)nc2c1cnn2C(C)C. The van der Waals surface area contributed by atoms with Crippen LogP contribution < -0.4 is 5.32 Å². The van der Waals surface area contributed by atoms with Crippen LogP contribution in [-0.4, -0.2) is 33.8 Å². The van der Waals surface area contributed by atoms with E-state index in [1.54, 1.807) is 59.6 Å². The van der Waals surface area contributed by atoms with Crippen molar-refractivity contribution in [1.82, 2.24) is 14.8 Å². The number of carbonyl (C=O) groups is 2. The zero-order chi connectivity index (χ0) is 21.3. The van der Waals surface area contributed by atoms with Gasteiger partial charge in [-0.15, -0.1) is 0 Å². The van der Waals surface area contributed by atoms with Gasteiger partial charge in [-0.1, -0.05) is 12.1 Å². The molecule has 30 heavy (non-hydrogen) atoms. The van der Waals surface area contributed by atoms with Crippen LogP contribution in [0.1, 0.15) is 40.6 Å². The fourth-order valence-corrected chi connectivity index (χ4v) is 3.20. The zero-order valence-corrected chi connectivity index (χ0v) is 16.7. The summed E-state index contributed by atoms with van der Waals surface area (Å²) in [5, 5.41) is 7.81. The highest BCUT2D eigenvalue weighted by molar-refractivity contribution is 6.14. The molecule has 0 spiro atoms. The van der Waals surface area contributed by atoms with Crippen molar-refractivity contribution in [3.8, 4) is 11.5 Å². The van der Waals surface area contributed by atoms with Gasteiger partial charge in [-0.25, -0.2) is 14.5 Å². The van der Waals surface area contributed by atoms with Gasteiger partial charge in [0.05, 0.1) is 41.8 Å². The number of fused-ring (bicyclic) bond motifs is 1. The summed E-state index contributed by atoms with van der Waals surface area (Å²) in [6, 6.07) is 11.9.